The average molecular weight is 238 g/mol. The zero-order valence-corrected chi connectivity index (χ0v) is 11.7. The summed E-state index contributed by atoms with van der Waals surface area (Å²) in [5.74, 6) is 0.984. The van der Waals surface area contributed by atoms with E-state index in [1.54, 1.807) is 0 Å². The Morgan fingerprint density at radius 2 is 2.06 bits per heavy atom. The zero-order chi connectivity index (χ0) is 12.2. The minimum Gasteiger partial charge on any atom is -0.370 e. The van der Waals surface area contributed by atoms with Gasteiger partial charge in [0.2, 0.25) is 0 Å². The molecule has 0 aromatic carbocycles. The molecule has 0 aliphatic carbocycles. The number of thioether (sulfide) groups is 1. The van der Waals surface area contributed by atoms with Gasteiger partial charge in [-0.1, -0.05) is 27.7 Å². The Balaban J connectivity index is 2.75. The molecular formula is C13H22N2S. The maximum Gasteiger partial charge on any atom is 0.126 e. The van der Waals surface area contributed by atoms with Crippen LogP contribution < -0.4 is 5.32 Å². The van der Waals surface area contributed by atoms with E-state index in [2.05, 4.69) is 51.0 Å². The second kappa shape index (κ2) is 5.58. The van der Waals surface area contributed by atoms with Gasteiger partial charge in [-0.05, 0) is 25.0 Å². The SMILES string of the molecule is CCCNc1cc(C)c(SC(C)(C)C)cn1. The standard InChI is InChI=1S/C13H22N2S/c1-6-7-14-12-8-10(2)11(9-15-12)16-13(3,4)5/h8-9H,6-7H2,1-5H3,(H,14,15). The Morgan fingerprint density at radius 3 is 2.56 bits per heavy atom. The van der Waals surface area contributed by atoms with Crippen molar-refractivity contribution in [2.75, 3.05) is 11.9 Å². The Bertz CT molecular complexity index is 342. The van der Waals surface area contributed by atoms with Crippen LogP contribution in [0.25, 0.3) is 0 Å². The van der Waals surface area contributed by atoms with E-state index in [-0.39, 0.29) is 4.75 Å². The smallest absolute Gasteiger partial charge is 0.126 e. The summed E-state index contributed by atoms with van der Waals surface area (Å²) in [6, 6.07) is 2.13. The molecule has 0 radical (unpaired) electrons. The zero-order valence-electron chi connectivity index (χ0n) is 10.9. The highest BCUT2D eigenvalue weighted by Crippen LogP contribution is 2.33. The summed E-state index contributed by atoms with van der Waals surface area (Å²) in [7, 11) is 0. The van der Waals surface area contributed by atoms with Crippen molar-refractivity contribution in [2.24, 2.45) is 0 Å². The van der Waals surface area contributed by atoms with Crippen molar-refractivity contribution in [1.29, 1.82) is 0 Å². The van der Waals surface area contributed by atoms with Crippen LogP contribution in [-0.2, 0) is 0 Å². The molecule has 0 unspecified atom stereocenters. The number of rotatable bonds is 4. The van der Waals surface area contributed by atoms with E-state index in [1.807, 2.05) is 18.0 Å². The predicted molar refractivity (Wildman–Crippen MR) is 73.4 cm³/mol. The van der Waals surface area contributed by atoms with Gasteiger partial charge in [-0.15, -0.1) is 11.8 Å². The second-order valence-electron chi connectivity index (χ2n) is 4.98. The van der Waals surface area contributed by atoms with E-state index in [9.17, 15) is 0 Å². The van der Waals surface area contributed by atoms with Crippen LogP contribution >= 0.6 is 11.8 Å². The van der Waals surface area contributed by atoms with Crippen LogP contribution in [0.5, 0.6) is 0 Å². The van der Waals surface area contributed by atoms with Crippen LogP contribution in [0.15, 0.2) is 17.2 Å². The normalized spacial score (nSPS) is 11.6. The van der Waals surface area contributed by atoms with E-state index < -0.39 is 0 Å². The molecule has 1 aromatic rings. The lowest BCUT2D eigenvalue weighted by Crippen LogP contribution is -2.08. The lowest BCUT2D eigenvalue weighted by atomic mass is 10.2. The molecule has 16 heavy (non-hydrogen) atoms. The van der Waals surface area contributed by atoms with Crippen molar-refractivity contribution in [3.63, 3.8) is 0 Å². The number of hydrogen-bond acceptors (Lipinski definition) is 3. The second-order valence-corrected chi connectivity index (χ2v) is 6.84. The van der Waals surface area contributed by atoms with Gasteiger partial charge < -0.3 is 5.32 Å². The minimum absolute atomic E-state index is 0.241. The van der Waals surface area contributed by atoms with Crippen molar-refractivity contribution < 1.29 is 0 Å². The monoisotopic (exact) mass is 238 g/mol. The number of aromatic nitrogens is 1. The third-order valence-corrected chi connectivity index (χ3v) is 3.29. The summed E-state index contributed by atoms with van der Waals surface area (Å²) in [6.45, 7) is 12.0. The maximum absolute atomic E-state index is 4.43. The number of nitrogens with zero attached hydrogens (tertiary/aromatic N) is 1. The largest absolute Gasteiger partial charge is 0.370 e. The van der Waals surface area contributed by atoms with E-state index in [1.165, 1.54) is 10.5 Å². The summed E-state index contributed by atoms with van der Waals surface area (Å²) < 4.78 is 0.241. The van der Waals surface area contributed by atoms with Gasteiger partial charge in [0.05, 0.1) is 0 Å². The van der Waals surface area contributed by atoms with Gasteiger partial charge in [0, 0.05) is 22.4 Å². The Hall–Kier alpha value is -0.700. The fourth-order valence-corrected chi connectivity index (χ4v) is 2.31. The lowest BCUT2D eigenvalue weighted by molar-refractivity contribution is 0.801. The van der Waals surface area contributed by atoms with Gasteiger partial charge in [0.15, 0.2) is 0 Å². The molecule has 0 saturated heterocycles. The molecule has 90 valence electrons. The van der Waals surface area contributed by atoms with Gasteiger partial charge in [0.1, 0.15) is 5.82 Å². The molecule has 1 heterocycles. The van der Waals surface area contributed by atoms with Gasteiger partial charge in [-0.2, -0.15) is 0 Å². The number of pyridine rings is 1. The van der Waals surface area contributed by atoms with Crippen molar-refractivity contribution >= 4 is 17.6 Å². The van der Waals surface area contributed by atoms with E-state index in [0.29, 0.717) is 0 Å². The molecule has 0 amide bonds. The highest BCUT2D eigenvalue weighted by Gasteiger charge is 2.14. The van der Waals surface area contributed by atoms with E-state index in [4.69, 9.17) is 0 Å². The molecule has 0 fully saturated rings. The molecule has 0 aliphatic heterocycles. The minimum atomic E-state index is 0.241. The number of nitrogens with one attached hydrogen (secondary N) is 1. The Morgan fingerprint density at radius 1 is 1.38 bits per heavy atom. The van der Waals surface area contributed by atoms with Crippen LogP contribution in [0.4, 0.5) is 5.82 Å². The first kappa shape index (κ1) is 13.4. The van der Waals surface area contributed by atoms with Crippen molar-refractivity contribution in [1.82, 2.24) is 4.98 Å². The number of hydrogen-bond donors (Lipinski definition) is 1. The maximum atomic E-state index is 4.43. The molecule has 1 N–H and O–H groups in total. The fourth-order valence-electron chi connectivity index (χ4n) is 1.33. The van der Waals surface area contributed by atoms with Gasteiger partial charge >= 0.3 is 0 Å². The number of anilines is 1. The molecule has 1 rings (SSSR count). The highest BCUT2D eigenvalue weighted by atomic mass is 32.2. The summed E-state index contributed by atoms with van der Waals surface area (Å²) in [5, 5.41) is 3.30. The molecular weight excluding hydrogens is 216 g/mol. The summed E-state index contributed by atoms with van der Waals surface area (Å²) in [6.07, 6.45) is 3.10. The van der Waals surface area contributed by atoms with Crippen LogP contribution in [0, 0.1) is 6.92 Å². The lowest BCUT2D eigenvalue weighted by Gasteiger charge is -2.19. The predicted octanol–water partition coefficient (Wildman–Crippen LogP) is 4.10. The molecule has 0 spiro atoms. The third-order valence-electron chi connectivity index (χ3n) is 2.04. The molecule has 1 aromatic heterocycles. The first-order valence-corrected chi connectivity index (χ1v) is 6.63. The average Bonchev–Trinajstić information content (AvgIpc) is 2.17. The Labute approximate surface area is 103 Å². The molecule has 2 nitrogen and oxygen atoms in total. The van der Waals surface area contributed by atoms with Crippen LogP contribution in [0.3, 0.4) is 0 Å². The third kappa shape index (κ3) is 4.44. The Kier molecular flexibility index (Phi) is 4.66. The molecule has 0 saturated carbocycles. The first-order chi connectivity index (χ1) is 7.42. The van der Waals surface area contributed by atoms with Crippen LogP contribution in [-0.4, -0.2) is 16.3 Å². The summed E-state index contributed by atoms with van der Waals surface area (Å²) in [4.78, 5) is 5.70. The summed E-state index contributed by atoms with van der Waals surface area (Å²) in [5.41, 5.74) is 1.30. The van der Waals surface area contributed by atoms with Crippen molar-refractivity contribution in [3.05, 3.63) is 17.8 Å². The van der Waals surface area contributed by atoms with Gasteiger partial charge in [0.25, 0.3) is 0 Å². The molecule has 0 atom stereocenters. The van der Waals surface area contributed by atoms with Crippen molar-refractivity contribution in [3.8, 4) is 0 Å². The molecule has 0 aliphatic rings. The highest BCUT2D eigenvalue weighted by molar-refractivity contribution is 8.00. The van der Waals surface area contributed by atoms with E-state index in [0.717, 1.165) is 18.8 Å². The summed E-state index contributed by atoms with van der Waals surface area (Å²) >= 11 is 1.87. The molecule has 3 heteroatoms. The first-order valence-electron chi connectivity index (χ1n) is 5.82. The topological polar surface area (TPSA) is 24.9 Å². The van der Waals surface area contributed by atoms with E-state index >= 15 is 0 Å². The van der Waals surface area contributed by atoms with Crippen LogP contribution in [0.1, 0.15) is 39.7 Å². The van der Waals surface area contributed by atoms with Crippen LogP contribution in [0.2, 0.25) is 0 Å². The van der Waals surface area contributed by atoms with Gasteiger partial charge in [-0.3, -0.25) is 0 Å². The fraction of sp³-hybridized carbons (Fsp3) is 0.615. The quantitative estimate of drug-likeness (QED) is 0.799. The van der Waals surface area contributed by atoms with Crippen molar-refractivity contribution in [2.45, 2.75) is 50.7 Å². The number of aryl methyl sites for hydroxylation is 1. The molecule has 0 bridgehead atoms. The van der Waals surface area contributed by atoms with Gasteiger partial charge in [-0.25, -0.2) is 4.98 Å².